The normalized spacial score (nSPS) is 14.9. The predicted molar refractivity (Wildman–Crippen MR) is 111 cm³/mol. The standard InChI is InChI=1S/C20H24ClN3O2S/c1-12-10-17(23-19(25)15-6-4-5-7-16(15)21)27-18(12)20(26)22-11-13(2)24(3)14-8-9-14/h4-7,10,13-14H,8-9,11H2,1-3H3,(H,22,26)(H,23,25). The van der Waals surface area contributed by atoms with E-state index in [4.69, 9.17) is 11.6 Å². The van der Waals surface area contributed by atoms with Crippen molar-refractivity contribution in [2.75, 3.05) is 18.9 Å². The van der Waals surface area contributed by atoms with Crippen LogP contribution in [0.5, 0.6) is 0 Å². The van der Waals surface area contributed by atoms with Crippen LogP contribution in [0.1, 0.15) is 45.4 Å². The maximum atomic E-state index is 12.5. The molecule has 0 radical (unpaired) electrons. The number of hydrogen-bond acceptors (Lipinski definition) is 4. The Morgan fingerprint density at radius 1 is 1.30 bits per heavy atom. The first-order chi connectivity index (χ1) is 12.9. The average Bonchev–Trinajstić information content (AvgIpc) is 3.42. The van der Waals surface area contributed by atoms with Gasteiger partial charge in [0.1, 0.15) is 0 Å². The van der Waals surface area contributed by atoms with Gasteiger partial charge in [0.25, 0.3) is 11.8 Å². The minimum absolute atomic E-state index is 0.105. The van der Waals surface area contributed by atoms with Crippen molar-refractivity contribution in [2.45, 2.75) is 38.8 Å². The zero-order valence-corrected chi connectivity index (χ0v) is 17.3. The quantitative estimate of drug-likeness (QED) is 0.726. The second kappa shape index (κ2) is 8.42. The Kier molecular flexibility index (Phi) is 6.19. The summed E-state index contributed by atoms with van der Waals surface area (Å²) in [5, 5.41) is 6.86. The van der Waals surface area contributed by atoms with Crippen LogP contribution in [0.3, 0.4) is 0 Å². The van der Waals surface area contributed by atoms with E-state index < -0.39 is 0 Å². The minimum atomic E-state index is -0.284. The van der Waals surface area contributed by atoms with Crippen molar-refractivity contribution in [3.63, 3.8) is 0 Å². The molecule has 1 saturated carbocycles. The highest BCUT2D eigenvalue weighted by Gasteiger charge is 2.29. The van der Waals surface area contributed by atoms with Crippen molar-refractivity contribution < 1.29 is 9.59 Å². The molecule has 1 aliphatic carbocycles. The number of carbonyl (C=O) groups excluding carboxylic acids is 2. The van der Waals surface area contributed by atoms with Gasteiger partial charge in [0.2, 0.25) is 0 Å². The average molecular weight is 406 g/mol. The summed E-state index contributed by atoms with van der Waals surface area (Å²) in [5.41, 5.74) is 1.25. The molecule has 2 aromatic rings. The van der Waals surface area contributed by atoms with E-state index in [9.17, 15) is 9.59 Å². The van der Waals surface area contributed by atoms with Crippen LogP contribution in [0, 0.1) is 6.92 Å². The number of likely N-dealkylation sites (N-methyl/N-ethyl adjacent to an activating group) is 1. The van der Waals surface area contributed by atoms with Gasteiger partial charge in [0.15, 0.2) is 0 Å². The third kappa shape index (κ3) is 4.89. The molecule has 0 spiro atoms. The summed E-state index contributed by atoms with van der Waals surface area (Å²) in [6, 6.07) is 9.65. The number of carbonyl (C=O) groups is 2. The number of nitrogens with zero attached hydrogens (tertiary/aromatic N) is 1. The SMILES string of the molecule is Cc1cc(NC(=O)c2ccccc2Cl)sc1C(=O)NCC(C)N(C)C1CC1. The highest BCUT2D eigenvalue weighted by Crippen LogP contribution is 2.28. The fourth-order valence-electron chi connectivity index (χ4n) is 2.90. The first-order valence-corrected chi connectivity index (χ1v) is 10.2. The topological polar surface area (TPSA) is 61.4 Å². The molecule has 1 aromatic heterocycles. The van der Waals surface area contributed by atoms with E-state index in [1.807, 2.05) is 13.0 Å². The Labute approximate surface area is 168 Å². The summed E-state index contributed by atoms with van der Waals surface area (Å²) in [6.45, 7) is 4.59. The minimum Gasteiger partial charge on any atom is -0.350 e. The Morgan fingerprint density at radius 3 is 2.67 bits per heavy atom. The second-order valence-electron chi connectivity index (χ2n) is 7.01. The third-order valence-corrected chi connectivity index (χ3v) is 6.34. The summed E-state index contributed by atoms with van der Waals surface area (Å²) < 4.78 is 0. The number of amides is 2. The number of hydrogen-bond donors (Lipinski definition) is 2. The molecule has 0 saturated heterocycles. The Bertz CT molecular complexity index is 848. The van der Waals surface area contributed by atoms with Gasteiger partial charge in [-0.15, -0.1) is 11.3 Å². The number of rotatable bonds is 7. The van der Waals surface area contributed by atoms with E-state index in [2.05, 4.69) is 29.5 Å². The number of halogens is 1. The van der Waals surface area contributed by atoms with Crippen LogP contribution < -0.4 is 10.6 Å². The molecular formula is C20H24ClN3O2S. The molecule has 2 amide bonds. The highest BCUT2D eigenvalue weighted by molar-refractivity contribution is 7.18. The Balaban J connectivity index is 1.61. The van der Waals surface area contributed by atoms with Gasteiger partial charge in [-0.1, -0.05) is 23.7 Å². The number of benzene rings is 1. The van der Waals surface area contributed by atoms with Crippen LogP contribution in [0.15, 0.2) is 30.3 Å². The molecule has 0 bridgehead atoms. The first-order valence-electron chi connectivity index (χ1n) is 9.03. The van der Waals surface area contributed by atoms with E-state index >= 15 is 0 Å². The van der Waals surface area contributed by atoms with Crippen LogP contribution in [0.2, 0.25) is 5.02 Å². The van der Waals surface area contributed by atoms with Gasteiger partial charge in [-0.05, 0) is 57.5 Å². The largest absolute Gasteiger partial charge is 0.350 e. The molecule has 1 aliphatic rings. The zero-order valence-electron chi connectivity index (χ0n) is 15.7. The smallest absolute Gasteiger partial charge is 0.261 e. The number of aryl methyl sites for hydroxylation is 1. The van der Waals surface area contributed by atoms with Gasteiger partial charge < -0.3 is 10.6 Å². The van der Waals surface area contributed by atoms with Crippen LogP contribution in [0.25, 0.3) is 0 Å². The Morgan fingerprint density at radius 2 is 2.00 bits per heavy atom. The fraction of sp³-hybridized carbons (Fsp3) is 0.400. The summed E-state index contributed by atoms with van der Waals surface area (Å²) >= 11 is 7.34. The lowest BCUT2D eigenvalue weighted by atomic mass is 10.2. The van der Waals surface area contributed by atoms with Crippen LogP contribution in [-0.2, 0) is 0 Å². The molecule has 1 atom stereocenters. The van der Waals surface area contributed by atoms with Gasteiger partial charge in [0.05, 0.1) is 20.5 Å². The molecule has 5 nitrogen and oxygen atoms in total. The molecule has 1 aromatic carbocycles. The lowest BCUT2D eigenvalue weighted by Crippen LogP contribution is -2.41. The van der Waals surface area contributed by atoms with Crippen molar-refractivity contribution in [1.82, 2.24) is 10.2 Å². The zero-order chi connectivity index (χ0) is 19.6. The van der Waals surface area contributed by atoms with Gasteiger partial charge in [-0.3, -0.25) is 14.5 Å². The van der Waals surface area contributed by atoms with E-state index in [-0.39, 0.29) is 11.8 Å². The van der Waals surface area contributed by atoms with Crippen LogP contribution >= 0.6 is 22.9 Å². The lowest BCUT2D eigenvalue weighted by Gasteiger charge is -2.24. The van der Waals surface area contributed by atoms with Gasteiger partial charge >= 0.3 is 0 Å². The molecule has 1 unspecified atom stereocenters. The van der Waals surface area contributed by atoms with E-state index in [1.165, 1.54) is 24.2 Å². The number of thiophene rings is 1. The summed E-state index contributed by atoms with van der Waals surface area (Å²) in [5.74, 6) is -0.389. The van der Waals surface area contributed by atoms with Crippen molar-refractivity contribution in [3.8, 4) is 0 Å². The highest BCUT2D eigenvalue weighted by atomic mass is 35.5. The molecule has 1 fully saturated rings. The summed E-state index contributed by atoms with van der Waals surface area (Å²) in [6.07, 6.45) is 2.49. The summed E-state index contributed by atoms with van der Waals surface area (Å²) in [4.78, 5) is 27.9. The molecule has 7 heteroatoms. The first kappa shape index (κ1) is 19.9. The van der Waals surface area contributed by atoms with Gasteiger partial charge in [-0.25, -0.2) is 0 Å². The molecular weight excluding hydrogens is 382 g/mol. The maximum absolute atomic E-state index is 12.5. The van der Waals surface area contributed by atoms with Crippen molar-refractivity contribution in [1.29, 1.82) is 0 Å². The van der Waals surface area contributed by atoms with E-state index in [0.717, 1.165) is 5.56 Å². The van der Waals surface area contributed by atoms with E-state index in [1.54, 1.807) is 24.3 Å². The number of nitrogens with one attached hydrogen (secondary N) is 2. The second-order valence-corrected chi connectivity index (χ2v) is 8.47. The van der Waals surface area contributed by atoms with Crippen LogP contribution in [-0.4, -0.2) is 42.4 Å². The third-order valence-electron chi connectivity index (χ3n) is 4.86. The fourth-order valence-corrected chi connectivity index (χ4v) is 4.11. The molecule has 27 heavy (non-hydrogen) atoms. The monoisotopic (exact) mass is 405 g/mol. The molecule has 1 heterocycles. The van der Waals surface area contributed by atoms with Crippen molar-refractivity contribution in [2.24, 2.45) is 0 Å². The molecule has 0 aliphatic heterocycles. The van der Waals surface area contributed by atoms with Gasteiger partial charge in [0, 0.05) is 18.6 Å². The number of anilines is 1. The molecule has 3 rings (SSSR count). The van der Waals surface area contributed by atoms with Crippen LogP contribution in [0.4, 0.5) is 5.00 Å². The Hall–Kier alpha value is -1.89. The lowest BCUT2D eigenvalue weighted by molar-refractivity contribution is 0.0942. The summed E-state index contributed by atoms with van der Waals surface area (Å²) in [7, 11) is 2.10. The predicted octanol–water partition coefficient (Wildman–Crippen LogP) is 4.17. The molecule has 2 N–H and O–H groups in total. The van der Waals surface area contributed by atoms with E-state index in [0.29, 0.717) is 39.1 Å². The van der Waals surface area contributed by atoms with Crippen molar-refractivity contribution in [3.05, 3.63) is 51.4 Å². The van der Waals surface area contributed by atoms with Crippen molar-refractivity contribution >= 4 is 39.8 Å². The maximum Gasteiger partial charge on any atom is 0.261 e. The van der Waals surface area contributed by atoms with Gasteiger partial charge in [-0.2, -0.15) is 0 Å². The molecule has 144 valence electrons.